The fraction of sp³-hybridized carbons (Fsp3) is 0.368. The molecule has 0 radical (unpaired) electrons. The zero-order valence-corrected chi connectivity index (χ0v) is 14.9. The van der Waals surface area contributed by atoms with Crippen LogP contribution in [0.2, 0.25) is 5.02 Å². The lowest BCUT2D eigenvalue weighted by molar-refractivity contribution is 0.170. The minimum Gasteiger partial charge on any atom is -0.314 e. The van der Waals surface area contributed by atoms with Crippen LogP contribution >= 0.6 is 23.4 Å². The van der Waals surface area contributed by atoms with E-state index in [0.717, 1.165) is 37.6 Å². The van der Waals surface area contributed by atoms with Crippen molar-refractivity contribution in [1.29, 1.82) is 0 Å². The summed E-state index contributed by atoms with van der Waals surface area (Å²) in [5, 5.41) is 4.30. The van der Waals surface area contributed by atoms with Crippen LogP contribution < -0.4 is 5.32 Å². The van der Waals surface area contributed by atoms with Gasteiger partial charge in [0.25, 0.3) is 0 Å². The molecule has 0 aliphatic carbocycles. The van der Waals surface area contributed by atoms with Crippen LogP contribution in [0.4, 0.5) is 0 Å². The van der Waals surface area contributed by atoms with Gasteiger partial charge in [-0.25, -0.2) is 0 Å². The number of benzene rings is 2. The molecule has 4 heteroatoms. The van der Waals surface area contributed by atoms with Crippen LogP contribution in [0.15, 0.2) is 46.2 Å². The molecular weight excluding hydrogens is 324 g/mol. The summed E-state index contributed by atoms with van der Waals surface area (Å²) in [4.78, 5) is 5.41. The second-order valence-electron chi connectivity index (χ2n) is 6.35. The molecule has 0 unspecified atom stereocenters. The van der Waals surface area contributed by atoms with Gasteiger partial charge in [-0.05, 0) is 48.2 Å². The molecule has 2 heterocycles. The van der Waals surface area contributed by atoms with Crippen LogP contribution in [0.1, 0.15) is 22.7 Å². The van der Waals surface area contributed by atoms with Gasteiger partial charge in [0.1, 0.15) is 0 Å². The Hall–Kier alpha value is -1.00. The van der Waals surface area contributed by atoms with Crippen molar-refractivity contribution in [3.8, 4) is 0 Å². The molecule has 2 nitrogen and oxygen atoms in total. The lowest BCUT2D eigenvalue weighted by Gasteiger charge is -2.35. The molecule has 2 aromatic rings. The van der Waals surface area contributed by atoms with Gasteiger partial charge in [0.2, 0.25) is 0 Å². The van der Waals surface area contributed by atoms with E-state index in [1.807, 2.05) is 17.8 Å². The van der Waals surface area contributed by atoms with E-state index in [4.69, 9.17) is 11.6 Å². The Balaban J connectivity index is 1.82. The summed E-state index contributed by atoms with van der Waals surface area (Å²) in [5.41, 5.74) is 4.22. The van der Waals surface area contributed by atoms with E-state index in [0.29, 0.717) is 6.04 Å². The number of rotatable bonds is 1. The monoisotopic (exact) mass is 344 g/mol. The van der Waals surface area contributed by atoms with Crippen LogP contribution in [-0.4, -0.2) is 31.1 Å². The predicted octanol–water partition coefficient (Wildman–Crippen LogP) is 4.30. The quantitative estimate of drug-likeness (QED) is 0.830. The first kappa shape index (κ1) is 15.5. The normalized spacial score (nSPS) is 21.4. The van der Waals surface area contributed by atoms with E-state index in [1.54, 1.807) is 0 Å². The van der Waals surface area contributed by atoms with Gasteiger partial charge >= 0.3 is 0 Å². The number of nitrogens with zero attached hydrogens (tertiary/aromatic N) is 1. The standard InChI is InChI=1S/C19H21ClN2S/c1-13-3-2-4-16-17(22-9-7-21-8-10-22)12-14-11-15(20)5-6-18(14)23-19(13)16/h2-6,11,17,21H,7-10,12H2,1H3/t17-/m0/s1. The Bertz CT molecular complexity index is 725. The minimum atomic E-state index is 0.444. The van der Waals surface area contributed by atoms with Crippen LogP contribution in [-0.2, 0) is 6.42 Å². The molecule has 1 fully saturated rings. The first-order chi connectivity index (χ1) is 11.2. The highest BCUT2D eigenvalue weighted by atomic mass is 35.5. The van der Waals surface area contributed by atoms with E-state index in [9.17, 15) is 0 Å². The minimum absolute atomic E-state index is 0.444. The maximum absolute atomic E-state index is 6.27. The SMILES string of the molecule is Cc1cccc2c1Sc1ccc(Cl)cc1C[C@@H]2N1CCNCC1. The van der Waals surface area contributed by atoms with E-state index >= 15 is 0 Å². The average molecular weight is 345 g/mol. The zero-order chi connectivity index (χ0) is 15.8. The van der Waals surface area contributed by atoms with Crippen LogP contribution in [0.5, 0.6) is 0 Å². The molecule has 0 spiro atoms. The third-order valence-corrected chi connectivity index (χ3v) is 6.46. The third kappa shape index (κ3) is 3.03. The molecule has 2 aromatic carbocycles. The van der Waals surface area contributed by atoms with Crippen molar-refractivity contribution in [2.75, 3.05) is 26.2 Å². The van der Waals surface area contributed by atoms with Gasteiger partial charge in [-0.2, -0.15) is 0 Å². The van der Waals surface area contributed by atoms with Crippen LogP contribution in [0.25, 0.3) is 0 Å². The van der Waals surface area contributed by atoms with Gasteiger partial charge in [-0.3, -0.25) is 4.90 Å². The molecule has 0 saturated carbocycles. The van der Waals surface area contributed by atoms with Crippen molar-refractivity contribution < 1.29 is 0 Å². The van der Waals surface area contributed by atoms with Gasteiger partial charge in [0.15, 0.2) is 0 Å². The summed E-state index contributed by atoms with van der Waals surface area (Å²) in [6.07, 6.45) is 1.04. The second-order valence-corrected chi connectivity index (χ2v) is 7.84. The van der Waals surface area contributed by atoms with Crippen LogP contribution in [0.3, 0.4) is 0 Å². The maximum atomic E-state index is 6.27. The molecule has 120 valence electrons. The van der Waals surface area contributed by atoms with Gasteiger partial charge in [0, 0.05) is 47.0 Å². The molecule has 4 rings (SSSR count). The number of hydrogen-bond donors (Lipinski definition) is 1. The number of fused-ring (bicyclic) bond motifs is 2. The average Bonchev–Trinajstić information content (AvgIpc) is 2.73. The van der Waals surface area contributed by atoms with Crippen molar-refractivity contribution in [3.05, 3.63) is 58.1 Å². The van der Waals surface area contributed by atoms with Gasteiger partial charge in [-0.15, -0.1) is 0 Å². The van der Waals surface area contributed by atoms with Crippen LogP contribution in [0, 0.1) is 6.92 Å². The first-order valence-corrected chi connectivity index (χ1v) is 9.42. The molecule has 0 amide bonds. The van der Waals surface area contributed by atoms with Crippen molar-refractivity contribution in [2.45, 2.75) is 29.2 Å². The lowest BCUT2D eigenvalue weighted by atomic mass is 9.95. The van der Waals surface area contributed by atoms with E-state index < -0.39 is 0 Å². The van der Waals surface area contributed by atoms with Gasteiger partial charge < -0.3 is 5.32 Å². The molecule has 1 atom stereocenters. The Labute approximate surface area is 147 Å². The second kappa shape index (κ2) is 6.48. The zero-order valence-electron chi connectivity index (χ0n) is 13.3. The summed E-state index contributed by atoms with van der Waals surface area (Å²) in [5.74, 6) is 0. The number of halogens is 1. The molecule has 1 saturated heterocycles. The number of nitrogens with one attached hydrogen (secondary N) is 1. The topological polar surface area (TPSA) is 15.3 Å². The Morgan fingerprint density at radius 2 is 2.00 bits per heavy atom. The maximum Gasteiger partial charge on any atom is 0.0409 e. The van der Waals surface area contributed by atoms with E-state index in [2.05, 4.69) is 47.5 Å². The molecule has 2 aliphatic heterocycles. The largest absolute Gasteiger partial charge is 0.314 e. The summed E-state index contributed by atoms with van der Waals surface area (Å²) >= 11 is 8.18. The van der Waals surface area contributed by atoms with E-state index in [-0.39, 0.29) is 0 Å². The Kier molecular flexibility index (Phi) is 4.37. The van der Waals surface area contributed by atoms with Gasteiger partial charge in [-0.1, -0.05) is 41.6 Å². The number of hydrogen-bond acceptors (Lipinski definition) is 3. The third-order valence-electron chi connectivity index (χ3n) is 4.84. The van der Waals surface area contributed by atoms with Crippen molar-refractivity contribution >= 4 is 23.4 Å². The highest BCUT2D eigenvalue weighted by Crippen LogP contribution is 2.44. The highest BCUT2D eigenvalue weighted by molar-refractivity contribution is 7.99. The molecule has 2 aliphatic rings. The number of aryl methyl sites for hydroxylation is 1. The molecular formula is C19H21ClN2S. The molecule has 23 heavy (non-hydrogen) atoms. The Morgan fingerprint density at radius 3 is 2.83 bits per heavy atom. The predicted molar refractivity (Wildman–Crippen MR) is 97.6 cm³/mol. The van der Waals surface area contributed by atoms with E-state index in [1.165, 1.54) is 26.5 Å². The fourth-order valence-corrected chi connectivity index (χ4v) is 5.01. The summed E-state index contributed by atoms with van der Waals surface area (Å²) < 4.78 is 0. The first-order valence-electron chi connectivity index (χ1n) is 8.23. The Morgan fingerprint density at radius 1 is 1.17 bits per heavy atom. The lowest BCUT2D eigenvalue weighted by Crippen LogP contribution is -2.45. The van der Waals surface area contributed by atoms with Gasteiger partial charge in [0.05, 0.1) is 0 Å². The molecule has 1 N–H and O–H groups in total. The summed E-state index contributed by atoms with van der Waals surface area (Å²) in [7, 11) is 0. The molecule has 0 aromatic heterocycles. The fourth-order valence-electron chi connectivity index (χ4n) is 3.63. The van der Waals surface area contributed by atoms with Crippen molar-refractivity contribution in [2.24, 2.45) is 0 Å². The smallest absolute Gasteiger partial charge is 0.0409 e. The highest BCUT2D eigenvalue weighted by Gasteiger charge is 2.29. The van der Waals surface area contributed by atoms with Crippen molar-refractivity contribution in [3.63, 3.8) is 0 Å². The number of piperazine rings is 1. The molecule has 0 bridgehead atoms. The summed E-state index contributed by atoms with van der Waals surface area (Å²) in [6.45, 7) is 6.60. The van der Waals surface area contributed by atoms with Crippen molar-refractivity contribution in [1.82, 2.24) is 10.2 Å². The summed E-state index contributed by atoms with van der Waals surface area (Å²) in [6, 6.07) is 13.5.